The second-order valence-electron chi connectivity index (χ2n) is 7.20. The van der Waals surface area contributed by atoms with Gasteiger partial charge in [-0.15, -0.1) is 0 Å². The molecule has 0 unspecified atom stereocenters. The third-order valence-electron chi connectivity index (χ3n) is 5.53. The van der Waals surface area contributed by atoms with Crippen molar-refractivity contribution in [2.24, 2.45) is 0 Å². The number of nitriles is 1. The summed E-state index contributed by atoms with van der Waals surface area (Å²) in [6.07, 6.45) is 2.99. The topological polar surface area (TPSA) is 49.8 Å². The molecule has 5 rings (SSSR count). The Morgan fingerprint density at radius 3 is 2.64 bits per heavy atom. The van der Waals surface area contributed by atoms with Crippen LogP contribution < -0.4 is 0 Å². The maximum Gasteiger partial charge on any atom is 0.228 e. The Labute approximate surface area is 168 Å². The molecule has 0 spiro atoms. The molecular weight excluding hydrogens is 368 g/mol. The Balaban J connectivity index is 1.71. The van der Waals surface area contributed by atoms with Crippen LogP contribution in [0.15, 0.2) is 52.9 Å². The number of halogens is 1. The average molecular weight is 385 g/mol. The smallest absolute Gasteiger partial charge is 0.228 e. The Morgan fingerprint density at radius 2 is 1.82 bits per heavy atom. The fraction of sp³-hybridized carbons (Fsp3) is 0.167. The molecule has 1 aliphatic rings. The molecular formula is C24H17ClN2O. The van der Waals surface area contributed by atoms with E-state index in [1.807, 2.05) is 30.3 Å². The number of aromatic nitrogens is 1. The average Bonchev–Trinajstić information content (AvgIpc) is 3.33. The number of nitrogens with zero attached hydrogens (tertiary/aromatic N) is 2. The molecule has 1 aromatic heterocycles. The third kappa shape index (κ3) is 2.53. The molecule has 4 aromatic rings. The van der Waals surface area contributed by atoms with Crippen molar-refractivity contribution >= 4 is 22.7 Å². The zero-order chi connectivity index (χ0) is 19.3. The molecule has 0 radical (unpaired) electrons. The molecule has 0 bridgehead atoms. The van der Waals surface area contributed by atoms with Crippen LogP contribution >= 0.6 is 11.6 Å². The van der Waals surface area contributed by atoms with Crippen LogP contribution in [-0.2, 0) is 12.8 Å². The van der Waals surface area contributed by atoms with Gasteiger partial charge in [0.25, 0.3) is 0 Å². The Hall–Kier alpha value is -3.09. The van der Waals surface area contributed by atoms with Gasteiger partial charge >= 0.3 is 0 Å². The summed E-state index contributed by atoms with van der Waals surface area (Å²) < 4.78 is 6.09. The number of rotatable bonds is 2. The lowest BCUT2D eigenvalue weighted by molar-refractivity contribution is 0.618. The fourth-order valence-corrected chi connectivity index (χ4v) is 4.45. The molecule has 4 heteroatoms. The fourth-order valence-electron chi connectivity index (χ4n) is 4.14. The molecule has 0 amide bonds. The van der Waals surface area contributed by atoms with E-state index < -0.39 is 0 Å². The summed E-state index contributed by atoms with van der Waals surface area (Å²) >= 11 is 6.79. The van der Waals surface area contributed by atoms with E-state index in [1.54, 1.807) is 0 Å². The van der Waals surface area contributed by atoms with E-state index in [4.69, 9.17) is 16.0 Å². The minimum absolute atomic E-state index is 0.454. The van der Waals surface area contributed by atoms with Gasteiger partial charge in [0.1, 0.15) is 17.1 Å². The number of hydrogen-bond donors (Lipinski definition) is 0. The van der Waals surface area contributed by atoms with Crippen molar-refractivity contribution in [3.05, 3.63) is 75.8 Å². The first-order valence-corrected chi connectivity index (χ1v) is 9.75. The van der Waals surface area contributed by atoms with Crippen molar-refractivity contribution in [3.63, 3.8) is 0 Å². The van der Waals surface area contributed by atoms with Gasteiger partial charge in [0, 0.05) is 5.56 Å². The van der Waals surface area contributed by atoms with Gasteiger partial charge in [-0.05, 0) is 60.6 Å². The highest BCUT2D eigenvalue weighted by molar-refractivity contribution is 6.36. The van der Waals surface area contributed by atoms with E-state index in [2.05, 4.69) is 36.2 Å². The van der Waals surface area contributed by atoms with E-state index >= 15 is 0 Å². The Kier molecular flexibility index (Phi) is 3.96. The normalized spacial score (nSPS) is 12.9. The van der Waals surface area contributed by atoms with E-state index in [-0.39, 0.29) is 0 Å². The lowest BCUT2D eigenvalue weighted by Gasteiger charge is -2.10. The quantitative estimate of drug-likeness (QED) is 0.397. The molecule has 3 nitrogen and oxygen atoms in total. The second kappa shape index (κ2) is 6.51. The maximum absolute atomic E-state index is 9.69. The summed E-state index contributed by atoms with van der Waals surface area (Å²) in [7, 11) is 0. The number of hydrogen-bond acceptors (Lipinski definition) is 3. The monoisotopic (exact) mass is 384 g/mol. The van der Waals surface area contributed by atoms with Crippen molar-refractivity contribution in [2.75, 3.05) is 0 Å². The van der Waals surface area contributed by atoms with Gasteiger partial charge in [0.05, 0.1) is 10.6 Å². The summed E-state index contributed by atoms with van der Waals surface area (Å²) in [5, 5.41) is 10.3. The first kappa shape index (κ1) is 17.0. The van der Waals surface area contributed by atoms with Crippen LogP contribution in [0.25, 0.3) is 33.7 Å². The van der Waals surface area contributed by atoms with Gasteiger partial charge in [-0.25, -0.2) is 4.98 Å². The molecule has 1 aliphatic carbocycles. The number of aryl methyl sites for hydroxylation is 2. The molecule has 1 heterocycles. The standard InChI is InChI=1S/C24H17ClN2O/c1-14-6-2-3-8-16(14)18-10-5-11-19(22(18)25)24-27-21-12-15-7-4-9-17(15)20(13-26)23(21)28-24/h2-3,5-6,8,10-12H,4,7,9H2,1H3. The second-order valence-corrected chi connectivity index (χ2v) is 7.58. The zero-order valence-corrected chi connectivity index (χ0v) is 16.2. The molecule has 0 saturated carbocycles. The summed E-state index contributed by atoms with van der Waals surface area (Å²) in [4.78, 5) is 4.68. The van der Waals surface area contributed by atoms with Crippen LogP contribution in [0, 0.1) is 18.3 Å². The molecule has 0 aliphatic heterocycles. The summed E-state index contributed by atoms with van der Waals surface area (Å²) in [6, 6.07) is 18.4. The highest BCUT2D eigenvalue weighted by atomic mass is 35.5. The van der Waals surface area contributed by atoms with Crippen molar-refractivity contribution in [2.45, 2.75) is 26.2 Å². The molecule has 3 aromatic carbocycles. The van der Waals surface area contributed by atoms with Gasteiger partial charge in [-0.2, -0.15) is 5.26 Å². The first-order chi connectivity index (χ1) is 13.7. The highest BCUT2D eigenvalue weighted by Gasteiger charge is 2.23. The zero-order valence-electron chi connectivity index (χ0n) is 15.4. The Morgan fingerprint density at radius 1 is 1.04 bits per heavy atom. The molecule has 0 atom stereocenters. The molecule has 0 fully saturated rings. The molecule has 136 valence electrons. The largest absolute Gasteiger partial charge is 0.435 e. The number of oxazole rings is 1. The minimum Gasteiger partial charge on any atom is -0.435 e. The predicted molar refractivity (Wildman–Crippen MR) is 111 cm³/mol. The summed E-state index contributed by atoms with van der Waals surface area (Å²) in [5.74, 6) is 0.454. The first-order valence-electron chi connectivity index (χ1n) is 9.37. The molecule has 0 saturated heterocycles. The number of benzene rings is 3. The summed E-state index contributed by atoms with van der Waals surface area (Å²) in [6.45, 7) is 2.07. The van der Waals surface area contributed by atoms with Crippen molar-refractivity contribution in [3.8, 4) is 28.7 Å². The highest BCUT2D eigenvalue weighted by Crippen LogP contribution is 2.39. The lowest BCUT2D eigenvalue weighted by Crippen LogP contribution is -1.89. The van der Waals surface area contributed by atoms with Crippen molar-refractivity contribution in [1.82, 2.24) is 4.98 Å². The van der Waals surface area contributed by atoms with Gasteiger partial charge in [0.15, 0.2) is 5.58 Å². The van der Waals surface area contributed by atoms with Gasteiger partial charge in [0.2, 0.25) is 5.89 Å². The lowest BCUT2D eigenvalue weighted by atomic mass is 9.99. The maximum atomic E-state index is 9.69. The van der Waals surface area contributed by atoms with E-state index in [9.17, 15) is 5.26 Å². The molecule has 0 N–H and O–H groups in total. The predicted octanol–water partition coefficient (Wildman–Crippen LogP) is 6.48. The summed E-state index contributed by atoms with van der Waals surface area (Å²) in [5.41, 5.74) is 8.16. The van der Waals surface area contributed by atoms with Gasteiger partial charge in [-0.1, -0.05) is 48.0 Å². The van der Waals surface area contributed by atoms with E-state index in [1.165, 1.54) is 5.56 Å². The van der Waals surface area contributed by atoms with Crippen molar-refractivity contribution in [1.29, 1.82) is 5.26 Å². The third-order valence-corrected chi connectivity index (χ3v) is 5.94. The van der Waals surface area contributed by atoms with E-state index in [0.717, 1.165) is 52.6 Å². The SMILES string of the molecule is Cc1ccccc1-c1cccc(-c2nc3cc4c(c(C#N)c3o2)CCC4)c1Cl. The van der Waals surface area contributed by atoms with Gasteiger partial charge in [-0.3, -0.25) is 0 Å². The number of fused-ring (bicyclic) bond motifs is 2. The molecule has 28 heavy (non-hydrogen) atoms. The Bertz CT molecular complexity index is 1280. The van der Waals surface area contributed by atoms with Crippen LogP contribution in [0.4, 0.5) is 0 Å². The van der Waals surface area contributed by atoms with Crippen LogP contribution in [0.3, 0.4) is 0 Å². The van der Waals surface area contributed by atoms with Crippen LogP contribution in [0.2, 0.25) is 5.02 Å². The van der Waals surface area contributed by atoms with Gasteiger partial charge < -0.3 is 4.42 Å². The van der Waals surface area contributed by atoms with E-state index in [0.29, 0.717) is 22.1 Å². The van der Waals surface area contributed by atoms with Crippen LogP contribution in [0.5, 0.6) is 0 Å². The van der Waals surface area contributed by atoms with Crippen LogP contribution in [-0.4, -0.2) is 4.98 Å². The van der Waals surface area contributed by atoms with Crippen LogP contribution in [0.1, 0.15) is 28.7 Å². The minimum atomic E-state index is 0.454. The van der Waals surface area contributed by atoms with Crippen molar-refractivity contribution < 1.29 is 4.42 Å².